The highest BCUT2D eigenvalue weighted by molar-refractivity contribution is 5.85. The van der Waals surface area contributed by atoms with Crippen LogP contribution in [-0.2, 0) is 11.2 Å². The van der Waals surface area contributed by atoms with E-state index in [0.29, 0.717) is 12.2 Å². The molecule has 0 aliphatic carbocycles. The van der Waals surface area contributed by atoms with E-state index in [1.807, 2.05) is 30.2 Å². The molecule has 1 aliphatic rings. The van der Waals surface area contributed by atoms with Crippen molar-refractivity contribution in [3.63, 3.8) is 0 Å². The van der Waals surface area contributed by atoms with Crippen molar-refractivity contribution in [1.29, 1.82) is 0 Å². The van der Waals surface area contributed by atoms with E-state index in [9.17, 15) is 4.79 Å². The second kappa shape index (κ2) is 2.97. The zero-order chi connectivity index (χ0) is 10.3. The van der Waals surface area contributed by atoms with Gasteiger partial charge in [-0.25, -0.2) is 4.79 Å². The average Bonchev–Trinajstić information content (AvgIpc) is 2.67. The Kier molecular flexibility index (Phi) is 1.64. The van der Waals surface area contributed by atoms with Gasteiger partial charge in [0.25, 0.3) is 0 Å². The minimum absolute atomic E-state index is 0.375. The number of carbonyl (C=O) groups excluding carboxylic acids is 1. The van der Waals surface area contributed by atoms with Crippen LogP contribution < -0.4 is 4.74 Å². The highest BCUT2D eigenvalue weighted by Crippen LogP contribution is 2.33. The lowest BCUT2D eigenvalue weighted by Crippen LogP contribution is -1.86. The molecule has 0 amide bonds. The molecule has 0 fully saturated rings. The normalized spacial score (nSPS) is 13.5. The molecule has 0 unspecified atom stereocenters. The predicted octanol–water partition coefficient (Wildman–Crippen LogP) is 2.49. The summed E-state index contributed by atoms with van der Waals surface area (Å²) in [4.78, 5) is 10.5. The van der Waals surface area contributed by atoms with Gasteiger partial charge >= 0.3 is 0 Å². The van der Waals surface area contributed by atoms with Crippen molar-refractivity contribution in [1.82, 2.24) is 0 Å². The predicted molar refractivity (Wildman–Crippen MR) is 57.5 cm³/mol. The molecule has 0 saturated carbocycles. The molecule has 15 heavy (non-hydrogen) atoms. The highest BCUT2D eigenvalue weighted by Gasteiger charge is 2.18. The van der Waals surface area contributed by atoms with Crippen molar-refractivity contribution in [2.75, 3.05) is 0 Å². The lowest BCUT2D eigenvalue weighted by Gasteiger charge is -2.00. The van der Waals surface area contributed by atoms with Crippen molar-refractivity contribution in [3.05, 3.63) is 47.7 Å². The smallest absolute Gasteiger partial charge is 0.191 e. The molecule has 0 radical (unpaired) electrons. The first-order valence-corrected chi connectivity index (χ1v) is 4.80. The number of benzene rings is 2. The Hall–Kier alpha value is -2.05. The van der Waals surface area contributed by atoms with Gasteiger partial charge < -0.3 is 4.74 Å². The lowest BCUT2D eigenvalue weighted by molar-refractivity contribution is 0.445. The van der Waals surface area contributed by atoms with Crippen LogP contribution in [0.1, 0.15) is 5.56 Å². The second-order valence-corrected chi connectivity index (χ2v) is 3.61. The molecule has 1 heterocycles. The molecular weight excluding hydrogens is 188 g/mol. The summed E-state index contributed by atoms with van der Waals surface area (Å²) in [5.41, 5.74) is 1.06. The molecule has 0 aromatic heterocycles. The fourth-order valence-corrected chi connectivity index (χ4v) is 1.90. The van der Waals surface area contributed by atoms with E-state index in [-0.39, 0.29) is 0 Å². The summed E-state index contributed by atoms with van der Waals surface area (Å²) in [6.07, 6.45) is 0.559. The van der Waals surface area contributed by atoms with Crippen LogP contribution in [-0.4, -0.2) is 5.94 Å². The average molecular weight is 196 g/mol. The molecule has 2 heteroatoms. The highest BCUT2D eigenvalue weighted by atomic mass is 16.5. The topological polar surface area (TPSA) is 26.3 Å². The van der Waals surface area contributed by atoms with Crippen LogP contribution in [0.4, 0.5) is 0 Å². The minimum atomic E-state index is 0.375. The number of ether oxygens (including phenoxy) is 1. The fraction of sp³-hybridized carbons (Fsp3) is 0.0769. The van der Waals surface area contributed by atoms with Crippen LogP contribution in [0, 0.1) is 0 Å². The molecule has 1 aliphatic heterocycles. The Balaban J connectivity index is 2.27. The van der Waals surface area contributed by atoms with Crippen LogP contribution in [0.5, 0.6) is 5.75 Å². The Morgan fingerprint density at radius 2 is 1.87 bits per heavy atom. The van der Waals surface area contributed by atoms with Crippen molar-refractivity contribution >= 4 is 16.7 Å². The largest absolute Gasteiger partial charge is 0.449 e. The summed E-state index contributed by atoms with van der Waals surface area (Å²) in [5, 5.41) is 2.30. The monoisotopic (exact) mass is 196 g/mol. The van der Waals surface area contributed by atoms with Crippen molar-refractivity contribution in [2.24, 2.45) is 0 Å². The van der Waals surface area contributed by atoms with Crippen LogP contribution >= 0.6 is 0 Å². The quantitative estimate of drug-likeness (QED) is 0.605. The summed E-state index contributed by atoms with van der Waals surface area (Å²) < 4.78 is 5.36. The first-order chi connectivity index (χ1) is 7.36. The maximum absolute atomic E-state index is 10.5. The molecule has 0 bridgehead atoms. The molecule has 2 aromatic rings. The third-order valence-corrected chi connectivity index (χ3v) is 2.63. The van der Waals surface area contributed by atoms with E-state index >= 15 is 0 Å². The van der Waals surface area contributed by atoms with E-state index in [1.165, 1.54) is 5.39 Å². The van der Waals surface area contributed by atoms with Gasteiger partial charge in [-0.2, -0.15) is 0 Å². The number of allylic oxidation sites excluding steroid dienone is 1. The maximum atomic E-state index is 10.5. The number of hydrogen-bond donors (Lipinski definition) is 0. The molecule has 0 N–H and O–H groups in total. The first kappa shape index (κ1) is 8.27. The second-order valence-electron chi connectivity index (χ2n) is 3.61. The van der Waals surface area contributed by atoms with Gasteiger partial charge in [-0.15, -0.1) is 0 Å². The molecule has 0 spiro atoms. The van der Waals surface area contributed by atoms with Gasteiger partial charge in [0.15, 0.2) is 11.7 Å². The number of rotatable bonds is 0. The van der Waals surface area contributed by atoms with Gasteiger partial charge in [0.05, 0.1) is 0 Å². The minimum Gasteiger partial charge on any atom is -0.449 e. The SMILES string of the molecule is O=C=C1Cc2cc3ccccc3cc2O1. The van der Waals surface area contributed by atoms with E-state index < -0.39 is 0 Å². The zero-order valence-electron chi connectivity index (χ0n) is 7.99. The molecule has 0 atom stereocenters. The molecule has 72 valence electrons. The lowest BCUT2D eigenvalue weighted by atomic mass is 10.1. The van der Waals surface area contributed by atoms with Crippen molar-refractivity contribution < 1.29 is 9.53 Å². The molecule has 3 rings (SSSR count). The van der Waals surface area contributed by atoms with Gasteiger partial charge in [0, 0.05) is 12.0 Å². The third-order valence-electron chi connectivity index (χ3n) is 2.63. The fourth-order valence-electron chi connectivity index (χ4n) is 1.90. The summed E-state index contributed by atoms with van der Waals surface area (Å²) in [5.74, 6) is 2.97. The van der Waals surface area contributed by atoms with E-state index in [1.54, 1.807) is 0 Å². The standard InChI is InChI=1S/C13H8O2/c14-8-12-6-11-5-9-3-1-2-4-10(9)7-13(11)15-12/h1-5,7H,6H2. The van der Waals surface area contributed by atoms with Gasteiger partial charge in [0.1, 0.15) is 5.75 Å². The van der Waals surface area contributed by atoms with E-state index in [0.717, 1.165) is 16.7 Å². The van der Waals surface area contributed by atoms with Crippen LogP contribution in [0.25, 0.3) is 10.8 Å². The maximum Gasteiger partial charge on any atom is 0.191 e. The molecule has 2 aromatic carbocycles. The third kappa shape index (κ3) is 1.24. The Morgan fingerprint density at radius 1 is 1.13 bits per heavy atom. The van der Waals surface area contributed by atoms with Gasteiger partial charge in [0.2, 0.25) is 0 Å². The first-order valence-electron chi connectivity index (χ1n) is 4.80. The zero-order valence-corrected chi connectivity index (χ0v) is 7.99. The Morgan fingerprint density at radius 3 is 2.60 bits per heavy atom. The molecule has 0 saturated heterocycles. The number of hydrogen-bond acceptors (Lipinski definition) is 2. The van der Waals surface area contributed by atoms with Gasteiger partial charge in [-0.1, -0.05) is 24.3 Å². The van der Waals surface area contributed by atoms with Crippen LogP contribution in [0.15, 0.2) is 42.2 Å². The summed E-state index contributed by atoms with van der Waals surface area (Å²) in [7, 11) is 0. The van der Waals surface area contributed by atoms with E-state index in [4.69, 9.17) is 4.74 Å². The van der Waals surface area contributed by atoms with Crippen molar-refractivity contribution in [2.45, 2.75) is 6.42 Å². The van der Waals surface area contributed by atoms with Crippen LogP contribution in [0.2, 0.25) is 0 Å². The molecule has 2 nitrogen and oxygen atoms in total. The van der Waals surface area contributed by atoms with Crippen LogP contribution in [0.3, 0.4) is 0 Å². The van der Waals surface area contributed by atoms with Gasteiger partial charge in [-0.3, -0.25) is 0 Å². The summed E-state index contributed by atoms with van der Waals surface area (Å²) in [6, 6.07) is 12.1. The molecular formula is C13H8O2. The van der Waals surface area contributed by atoms with Crippen molar-refractivity contribution in [3.8, 4) is 5.75 Å². The number of fused-ring (bicyclic) bond motifs is 2. The van der Waals surface area contributed by atoms with E-state index in [2.05, 4.69) is 12.1 Å². The Labute approximate surface area is 86.8 Å². The van der Waals surface area contributed by atoms with Gasteiger partial charge in [-0.05, 0) is 22.9 Å². The summed E-state index contributed by atoms with van der Waals surface area (Å²) >= 11 is 0. The summed E-state index contributed by atoms with van der Waals surface area (Å²) in [6.45, 7) is 0. The Bertz CT molecular complexity index is 546.